The maximum atomic E-state index is 11.3. The Morgan fingerprint density at radius 3 is 1.61 bits per heavy atom. The number of hydrogen-bond acceptors (Lipinski definition) is 10. The third-order valence-electron chi connectivity index (χ3n) is 2.72. The third-order valence-corrected chi connectivity index (χ3v) is 3.50. The molecular weight excluding hydrogens is 332 g/mol. The zero-order valence-electron chi connectivity index (χ0n) is 14.2. The Morgan fingerprint density at radius 1 is 1.04 bits per heavy atom. The highest BCUT2D eigenvalue weighted by Crippen LogP contribution is 2.32. The van der Waals surface area contributed by atoms with Gasteiger partial charge >= 0.3 is 19.3 Å². The molecule has 0 aliphatic heterocycles. The average molecular weight is 364 g/mol. The third kappa shape index (κ3) is 14.4. The van der Waals surface area contributed by atoms with E-state index in [1.165, 1.54) is 0 Å². The highest BCUT2D eigenvalue weighted by atomic mass is 35.5. The lowest BCUT2D eigenvalue weighted by molar-refractivity contribution is -0.170. The van der Waals surface area contributed by atoms with E-state index >= 15 is 0 Å². The van der Waals surface area contributed by atoms with Crippen molar-refractivity contribution in [3.05, 3.63) is 0 Å². The fourth-order valence-electron chi connectivity index (χ4n) is 1.52. The van der Waals surface area contributed by atoms with E-state index in [1.54, 1.807) is 0 Å². The maximum absolute atomic E-state index is 11.3. The van der Waals surface area contributed by atoms with Crippen LogP contribution in [0.15, 0.2) is 0 Å². The molecule has 0 aromatic carbocycles. The van der Waals surface area contributed by atoms with E-state index in [9.17, 15) is 9.59 Å². The van der Waals surface area contributed by atoms with Gasteiger partial charge in [0.25, 0.3) is 0 Å². The average Bonchev–Trinajstić information content (AvgIpc) is 2.41. The molecule has 0 aliphatic carbocycles. The number of carbonyl (C=O) groups is 2. The van der Waals surface area contributed by atoms with Crippen molar-refractivity contribution >= 4 is 30.9 Å². The smallest absolute Gasteiger partial charge is 0.461 e. The molecule has 0 bridgehead atoms. The zero-order chi connectivity index (χ0) is 16.3. The van der Waals surface area contributed by atoms with Crippen LogP contribution < -0.4 is 18.5 Å². The van der Waals surface area contributed by atoms with Gasteiger partial charge in [0.2, 0.25) is 0 Å². The van der Waals surface area contributed by atoms with Gasteiger partial charge in [-0.2, -0.15) is 0 Å². The Kier molecular flexibility index (Phi) is 25.4. The molecule has 1 atom stereocenters. The second-order valence-corrected chi connectivity index (χ2v) is 4.63. The lowest BCUT2D eigenvalue weighted by Crippen LogP contribution is -2.40. The summed E-state index contributed by atoms with van der Waals surface area (Å²) in [5.41, 5.74) is 0. The number of esters is 2. The first kappa shape index (κ1) is 33.6. The van der Waals surface area contributed by atoms with Crippen molar-refractivity contribution in [3.63, 3.8) is 0 Å². The minimum atomic E-state index is -2.17. The molecular formula is C11H31BClN3O7. The zero-order valence-corrected chi connectivity index (χ0v) is 15.0. The van der Waals surface area contributed by atoms with Gasteiger partial charge in [-0.05, 0) is 19.3 Å². The van der Waals surface area contributed by atoms with E-state index < -0.39 is 30.2 Å². The first-order valence-electron chi connectivity index (χ1n) is 6.20. The predicted molar refractivity (Wildman–Crippen MR) is 88.8 cm³/mol. The van der Waals surface area contributed by atoms with E-state index in [0.29, 0.717) is 19.3 Å². The van der Waals surface area contributed by atoms with Crippen LogP contribution in [0.5, 0.6) is 0 Å². The van der Waals surface area contributed by atoms with Crippen LogP contribution in [0.1, 0.15) is 40.0 Å². The minimum absolute atomic E-state index is 0. The van der Waals surface area contributed by atoms with E-state index in [1.807, 2.05) is 20.8 Å². The van der Waals surface area contributed by atoms with Crippen LogP contribution in [0.25, 0.3) is 0 Å². The largest absolute Gasteiger partial charge is 0.631 e. The van der Waals surface area contributed by atoms with Crippen LogP contribution in [0, 0.1) is 0 Å². The first-order valence-corrected chi connectivity index (χ1v) is 6.58. The Hall–Kier alpha value is -0.945. The molecule has 12 N–H and O–H groups in total. The second kappa shape index (κ2) is 17.4. The van der Waals surface area contributed by atoms with Crippen molar-refractivity contribution in [3.8, 4) is 0 Å². The molecule has 1 unspecified atom stereocenters. The molecule has 0 rings (SSSR count). The van der Waals surface area contributed by atoms with Crippen LogP contribution in [0.3, 0.4) is 0 Å². The minimum Gasteiger partial charge on any atom is -0.461 e. The Balaban J connectivity index is -0.000000138. The van der Waals surface area contributed by atoms with Crippen molar-refractivity contribution < 1.29 is 34.1 Å². The van der Waals surface area contributed by atoms with E-state index in [2.05, 4.69) is 4.74 Å². The lowest BCUT2D eigenvalue weighted by atomic mass is 9.93. The molecule has 0 amide bonds. The molecule has 0 saturated carbocycles. The van der Waals surface area contributed by atoms with Crippen LogP contribution in [0.2, 0.25) is 0 Å². The Bertz CT molecular complexity index is 305. The highest BCUT2D eigenvalue weighted by molar-refractivity contribution is 6.30. The van der Waals surface area contributed by atoms with Gasteiger partial charge in [0.05, 0.1) is 12.0 Å². The number of ether oxygens (including phenoxy) is 2. The fourth-order valence-corrected chi connectivity index (χ4v) is 1.72. The molecule has 0 aromatic heterocycles. The molecule has 12 heteroatoms. The molecule has 0 aliphatic rings. The van der Waals surface area contributed by atoms with Gasteiger partial charge in [-0.25, -0.2) is 9.59 Å². The van der Waals surface area contributed by atoms with Gasteiger partial charge in [-0.1, -0.05) is 20.8 Å². The normalized spacial score (nSPS) is 10.3. The summed E-state index contributed by atoms with van der Waals surface area (Å²) in [4.78, 5) is 21.6. The van der Waals surface area contributed by atoms with Crippen molar-refractivity contribution in [1.29, 1.82) is 0 Å². The summed E-state index contributed by atoms with van der Waals surface area (Å²) in [6.45, 7) is 5.70. The molecule has 10 nitrogen and oxygen atoms in total. The van der Waals surface area contributed by atoms with Gasteiger partial charge in [0, 0.05) is 0 Å². The standard InChI is InChI=1S/C11H19ClO4.BH3O3.3H3N/c1-5-8(11(12,6-2)7-3)16-10(14)9(13)15-4;2-1(3)4;;;/h8H,5-7H2,1-4H3;2-4H;3*1H3. The summed E-state index contributed by atoms with van der Waals surface area (Å²) in [5.74, 6) is -1.98. The van der Waals surface area contributed by atoms with E-state index in [-0.39, 0.29) is 18.5 Å². The van der Waals surface area contributed by atoms with Gasteiger partial charge in [0.15, 0.2) is 0 Å². The van der Waals surface area contributed by atoms with Gasteiger partial charge in [0.1, 0.15) is 6.10 Å². The number of carbonyl (C=O) groups excluding carboxylic acids is 2. The summed E-state index contributed by atoms with van der Waals surface area (Å²) < 4.78 is 9.33. The van der Waals surface area contributed by atoms with Crippen molar-refractivity contribution in [1.82, 2.24) is 18.5 Å². The number of hydrogen-bond donors (Lipinski definition) is 6. The molecule has 0 heterocycles. The van der Waals surface area contributed by atoms with E-state index in [4.69, 9.17) is 31.4 Å². The molecule has 142 valence electrons. The summed E-state index contributed by atoms with van der Waals surface area (Å²) >= 11 is 6.34. The molecule has 0 radical (unpaired) electrons. The highest BCUT2D eigenvalue weighted by Gasteiger charge is 2.36. The van der Waals surface area contributed by atoms with Crippen LogP contribution in [-0.4, -0.2) is 52.4 Å². The molecule has 0 spiro atoms. The predicted octanol–water partition coefficient (Wildman–Crippen LogP) is 0.713. The SMILES string of the molecule is CCC(OC(=O)C(=O)OC)C(Cl)(CC)CC.N.N.N.OB(O)O. The summed E-state index contributed by atoms with van der Waals surface area (Å²) in [5, 5.41) is 21.5. The number of rotatable bonds is 5. The molecule has 0 fully saturated rings. The number of methoxy groups -OCH3 is 1. The Labute approximate surface area is 142 Å². The van der Waals surface area contributed by atoms with E-state index in [0.717, 1.165) is 7.11 Å². The van der Waals surface area contributed by atoms with Crippen LogP contribution >= 0.6 is 11.6 Å². The lowest BCUT2D eigenvalue weighted by Gasteiger charge is -2.32. The quantitative estimate of drug-likeness (QED) is 0.174. The Morgan fingerprint density at radius 2 is 1.39 bits per heavy atom. The van der Waals surface area contributed by atoms with Gasteiger partial charge < -0.3 is 43.0 Å². The number of alkyl halides is 1. The van der Waals surface area contributed by atoms with Crippen LogP contribution in [0.4, 0.5) is 0 Å². The fraction of sp³-hybridized carbons (Fsp3) is 0.818. The second-order valence-electron chi connectivity index (χ2n) is 3.88. The molecule has 23 heavy (non-hydrogen) atoms. The van der Waals surface area contributed by atoms with Crippen molar-refractivity contribution in [2.75, 3.05) is 7.11 Å². The van der Waals surface area contributed by atoms with Gasteiger partial charge in [-0.15, -0.1) is 11.6 Å². The monoisotopic (exact) mass is 363 g/mol. The summed E-state index contributed by atoms with van der Waals surface area (Å²) in [7, 11) is -1.03. The maximum Gasteiger partial charge on any atom is 0.631 e. The first-order chi connectivity index (χ1) is 9.18. The topological polar surface area (TPSA) is 218 Å². The number of halogens is 1. The van der Waals surface area contributed by atoms with Crippen LogP contribution in [-0.2, 0) is 19.1 Å². The molecule has 0 aromatic rings. The van der Waals surface area contributed by atoms with Gasteiger partial charge in [-0.3, -0.25) is 0 Å². The van der Waals surface area contributed by atoms with Crippen molar-refractivity contribution in [2.45, 2.75) is 51.0 Å². The van der Waals surface area contributed by atoms with Crippen molar-refractivity contribution in [2.24, 2.45) is 0 Å². The summed E-state index contributed by atoms with van der Waals surface area (Å²) in [6.07, 6.45) is 1.42. The molecule has 0 saturated heterocycles. The summed E-state index contributed by atoms with van der Waals surface area (Å²) in [6, 6.07) is 0.